The van der Waals surface area contributed by atoms with Crippen LogP contribution in [-0.4, -0.2) is 27.4 Å². The van der Waals surface area contributed by atoms with Crippen molar-refractivity contribution in [3.05, 3.63) is 41.2 Å². The molecule has 0 saturated heterocycles. The number of nitrogens with zero attached hydrogens (tertiary/aromatic N) is 3. The Hall–Kier alpha value is -2.08. The highest BCUT2D eigenvalue weighted by Crippen LogP contribution is 2.19. The molecule has 1 amide bonds. The average molecular weight is 280 g/mol. The average Bonchev–Trinajstić information content (AvgIpc) is 2.91. The third-order valence-corrected chi connectivity index (χ3v) is 2.92. The normalized spacial score (nSPS) is 10.4. The second-order valence-corrected chi connectivity index (χ2v) is 4.42. The molecule has 6 nitrogen and oxygen atoms in total. The molecule has 0 radical (unpaired) electrons. The van der Waals surface area contributed by atoms with Gasteiger partial charge in [0.1, 0.15) is 0 Å². The van der Waals surface area contributed by atoms with Crippen molar-refractivity contribution in [2.75, 3.05) is 12.3 Å². The van der Waals surface area contributed by atoms with Crippen molar-refractivity contribution in [1.29, 1.82) is 0 Å². The van der Waals surface area contributed by atoms with Crippen molar-refractivity contribution in [2.24, 2.45) is 0 Å². The largest absolute Gasteiger partial charge is 0.398 e. The van der Waals surface area contributed by atoms with Gasteiger partial charge in [-0.3, -0.25) is 9.48 Å². The van der Waals surface area contributed by atoms with E-state index in [1.807, 2.05) is 0 Å². The monoisotopic (exact) mass is 279 g/mol. The van der Waals surface area contributed by atoms with E-state index in [4.69, 9.17) is 17.3 Å². The number of carbonyl (C=O) groups is 1. The van der Waals surface area contributed by atoms with Crippen molar-refractivity contribution in [2.45, 2.75) is 13.0 Å². The van der Waals surface area contributed by atoms with Crippen molar-refractivity contribution in [3.63, 3.8) is 0 Å². The highest BCUT2D eigenvalue weighted by Gasteiger charge is 2.06. The number of anilines is 1. The Bertz CT molecular complexity index is 555. The fraction of sp³-hybridized carbons (Fsp3) is 0.250. The van der Waals surface area contributed by atoms with Gasteiger partial charge in [0.25, 0.3) is 5.91 Å². The molecule has 2 aromatic rings. The van der Waals surface area contributed by atoms with Crippen LogP contribution in [0.5, 0.6) is 0 Å². The topological polar surface area (TPSA) is 85.8 Å². The lowest BCUT2D eigenvalue weighted by Gasteiger charge is -2.06. The Morgan fingerprint density at radius 2 is 2.32 bits per heavy atom. The molecule has 100 valence electrons. The number of benzene rings is 1. The third kappa shape index (κ3) is 3.69. The first-order valence-electron chi connectivity index (χ1n) is 5.84. The molecule has 0 saturated carbocycles. The Morgan fingerprint density at radius 3 is 3.00 bits per heavy atom. The molecule has 0 aliphatic carbocycles. The molecular formula is C12H14ClN5O. The van der Waals surface area contributed by atoms with Crippen molar-refractivity contribution in [1.82, 2.24) is 20.3 Å². The lowest BCUT2D eigenvalue weighted by Crippen LogP contribution is -2.25. The summed E-state index contributed by atoms with van der Waals surface area (Å²) in [7, 11) is 0. The van der Waals surface area contributed by atoms with E-state index in [0.717, 1.165) is 6.42 Å². The minimum Gasteiger partial charge on any atom is -0.398 e. The first-order chi connectivity index (χ1) is 9.16. The lowest BCUT2D eigenvalue weighted by molar-refractivity contribution is 0.0952. The summed E-state index contributed by atoms with van der Waals surface area (Å²) in [5.41, 5.74) is 6.55. The van der Waals surface area contributed by atoms with Crippen LogP contribution in [0.25, 0.3) is 0 Å². The Balaban J connectivity index is 1.79. The molecule has 1 heterocycles. The molecule has 7 heteroatoms. The van der Waals surface area contributed by atoms with Gasteiger partial charge in [0, 0.05) is 24.8 Å². The zero-order valence-electron chi connectivity index (χ0n) is 10.2. The SMILES string of the molecule is Nc1cc(C(=O)NCCCn2ccnn2)ccc1Cl. The van der Waals surface area contributed by atoms with Crippen LogP contribution in [0.2, 0.25) is 5.02 Å². The van der Waals surface area contributed by atoms with Crippen LogP contribution in [0.4, 0.5) is 5.69 Å². The number of carbonyl (C=O) groups excluding carboxylic acids is 1. The van der Waals surface area contributed by atoms with Gasteiger partial charge in [-0.05, 0) is 24.6 Å². The highest BCUT2D eigenvalue weighted by molar-refractivity contribution is 6.33. The van der Waals surface area contributed by atoms with Gasteiger partial charge in [-0.2, -0.15) is 0 Å². The van der Waals surface area contributed by atoms with Crippen LogP contribution in [0.1, 0.15) is 16.8 Å². The van der Waals surface area contributed by atoms with Gasteiger partial charge >= 0.3 is 0 Å². The summed E-state index contributed by atoms with van der Waals surface area (Å²) in [6, 6.07) is 4.82. The van der Waals surface area contributed by atoms with E-state index < -0.39 is 0 Å². The minimum atomic E-state index is -0.165. The van der Waals surface area contributed by atoms with E-state index in [1.165, 1.54) is 0 Å². The number of nitrogens with two attached hydrogens (primary N) is 1. The molecular weight excluding hydrogens is 266 g/mol. The van der Waals surface area contributed by atoms with Crippen molar-refractivity contribution >= 4 is 23.2 Å². The number of aryl methyl sites for hydroxylation is 1. The first-order valence-corrected chi connectivity index (χ1v) is 6.22. The predicted octanol–water partition coefficient (Wildman–Crippen LogP) is 1.33. The van der Waals surface area contributed by atoms with Crippen LogP contribution >= 0.6 is 11.6 Å². The van der Waals surface area contributed by atoms with Crippen LogP contribution in [-0.2, 0) is 6.54 Å². The quantitative estimate of drug-likeness (QED) is 0.639. The van der Waals surface area contributed by atoms with E-state index in [2.05, 4.69) is 15.6 Å². The maximum atomic E-state index is 11.8. The maximum Gasteiger partial charge on any atom is 0.251 e. The number of hydrogen-bond donors (Lipinski definition) is 2. The summed E-state index contributed by atoms with van der Waals surface area (Å²) in [5.74, 6) is -0.165. The second kappa shape index (κ2) is 6.19. The van der Waals surface area contributed by atoms with E-state index in [-0.39, 0.29) is 5.91 Å². The van der Waals surface area contributed by atoms with E-state index in [9.17, 15) is 4.79 Å². The number of amides is 1. The standard InChI is InChI=1S/C12H14ClN5O/c13-10-3-2-9(8-11(10)14)12(19)15-4-1-6-18-7-5-16-17-18/h2-3,5,7-8H,1,4,6,14H2,(H,15,19). The summed E-state index contributed by atoms with van der Waals surface area (Å²) in [4.78, 5) is 11.8. The van der Waals surface area contributed by atoms with Gasteiger partial charge in [-0.25, -0.2) is 0 Å². The molecule has 0 aliphatic heterocycles. The summed E-state index contributed by atoms with van der Waals surface area (Å²) in [6.07, 6.45) is 4.18. The number of hydrogen-bond acceptors (Lipinski definition) is 4. The van der Waals surface area contributed by atoms with Gasteiger partial charge in [-0.15, -0.1) is 5.10 Å². The molecule has 2 rings (SSSR count). The smallest absolute Gasteiger partial charge is 0.251 e. The fourth-order valence-electron chi connectivity index (χ4n) is 1.58. The molecule has 0 spiro atoms. The molecule has 1 aromatic heterocycles. The number of rotatable bonds is 5. The maximum absolute atomic E-state index is 11.8. The zero-order valence-corrected chi connectivity index (χ0v) is 11.0. The van der Waals surface area contributed by atoms with E-state index in [0.29, 0.717) is 29.4 Å². The molecule has 0 bridgehead atoms. The molecule has 0 aliphatic rings. The van der Waals surface area contributed by atoms with Crippen molar-refractivity contribution in [3.8, 4) is 0 Å². The van der Waals surface area contributed by atoms with Gasteiger partial charge in [0.05, 0.1) is 16.9 Å². The van der Waals surface area contributed by atoms with Crippen molar-refractivity contribution < 1.29 is 4.79 Å². The van der Waals surface area contributed by atoms with E-state index in [1.54, 1.807) is 35.3 Å². The highest BCUT2D eigenvalue weighted by atomic mass is 35.5. The summed E-state index contributed by atoms with van der Waals surface area (Å²) in [6.45, 7) is 1.27. The van der Waals surface area contributed by atoms with Gasteiger partial charge in [0.15, 0.2) is 0 Å². The predicted molar refractivity (Wildman–Crippen MR) is 72.8 cm³/mol. The Morgan fingerprint density at radius 1 is 1.47 bits per heavy atom. The zero-order chi connectivity index (χ0) is 13.7. The molecule has 1 aromatic carbocycles. The summed E-state index contributed by atoms with van der Waals surface area (Å²) < 4.78 is 1.71. The van der Waals surface area contributed by atoms with Gasteiger partial charge in [0.2, 0.25) is 0 Å². The summed E-state index contributed by atoms with van der Waals surface area (Å²) >= 11 is 5.80. The van der Waals surface area contributed by atoms with Gasteiger partial charge < -0.3 is 11.1 Å². The molecule has 0 atom stereocenters. The molecule has 0 fully saturated rings. The van der Waals surface area contributed by atoms with Crippen LogP contribution in [0, 0.1) is 0 Å². The number of nitrogens with one attached hydrogen (secondary N) is 1. The van der Waals surface area contributed by atoms with Gasteiger partial charge in [-0.1, -0.05) is 16.8 Å². The minimum absolute atomic E-state index is 0.165. The second-order valence-electron chi connectivity index (χ2n) is 4.01. The van der Waals surface area contributed by atoms with Crippen LogP contribution in [0.15, 0.2) is 30.6 Å². The Kier molecular flexibility index (Phi) is 4.35. The number of halogens is 1. The fourth-order valence-corrected chi connectivity index (χ4v) is 1.70. The van der Waals surface area contributed by atoms with Crippen LogP contribution < -0.4 is 11.1 Å². The summed E-state index contributed by atoms with van der Waals surface area (Å²) in [5, 5.41) is 10.8. The van der Waals surface area contributed by atoms with Crippen LogP contribution in [0.3, 0.4) is 0 Å². The molecule has 3 N–H and O–H groups in total. The first kappa shape index (κ1) is 13.4. The van der Waals surface area contributed by atoms with E-state index >= 15 is 0 Å². The third-order valence-electron chi connectivity index (χ3n) is 2.58. The number of aromatic nitrogens is 3. The Labute approximate surface area is 115 Å². The molecule has 0 unspecified atom stereocenters. The lowest BCUT2D eigenvalue weighted by atomic mass is 10.2. The number of nitrogen functional groups attached to an aromatic ring is 1. The molecule has 19 heavy (non-hydrogen) atoms.